The molecule has 0 aliphatic rings. The first-order valence-corrected chi connectivity index (χ1v) is 8.86. The Balaban J connectivity index is 2.77. The second-order valence-electron chi connectivity index (χ2n) is 6.08. The van der Waals surface area contributed by atoms with Gasteiger partial charge in [-0.3, -0.25) is 4.79 Å². The topological polar surface area (TPSA) is 42.1 Å². The lowest BCUT2D eigenvalue weighted by atomic mass is 10.2. The number of pyridine rings is 1. The van der Waals surface area contributed by atoms with Gasteiger partial charge in [0.15, 0.2) is 8.32 Å². The molecular formula is C13H23NO2Si. The fraction of sp³-hybridized carbons (Fsp3) is 0.615. The summed E-state index contributed by atoms with van der Waals surface area (Å²) in [6, 6.07) is 3.58. The Morgan fingerprint density at radius 1 is 1.29 bits per heavy atom. The third-order valence-corrected chi connectivity index (χ3v) is 7.92. The number of hydrogen-bond donors (Lipinski definition) is 1. The Hall–Kier alpha value is -0.873. The molecular weight excluding hydrogens is 230 g/mol. The van der Waals surface area contributed by atoms with Crippen molar-refractivity contribution in [2.75, 3.05) is 0 Å². The van der Waals surface area contributed by atoms with E-state index in [4.69, 9.17) is 4.43 Å². The van der Waals surface area contributed by atoms with Gasteiger partial charge in [-0.15, -0.1) is 0 Å². The van der Waals surface area contributed by atoms with Crippen LogP contribution in [0.25, 0.3) is 0 Å². The first-order valence-electron chi connectivity index (χ1n) is 5.96. The molecule has 0 radical (unpaired) electrons. The maximum absolute atomic E-state index is 11.3. The van der Waals surface area contributed by atoms with Gasteiger partial charge in [0.05, 0.1) is 6.61 Å². The van der Waals surface area contributed by atoms with Gasteiger partial charge in [0, 0.05) is 11.8 Å². The van der Waals surface area contributed by atoms with Crippen LogP contribution in [-0.4, -0.2) is 13.3 Å². The van der Waals surface area contributed by atoms with E-state index in [2.05, 4.69) is 38.8 Å². The molecule has 0 fully saturated rings. The minimum absolute atomic E-state index is 0.0566. The molecule has 0 bridgehead atoms. The maximum atomic E-state index is 11.3. The molecule has 96 valence electrons. The predicted octanol–water partition coefficient (Wildman–Crippen LogP) is 3.21. The van der Waals surface area contributed by atoms with Gasteiger partial charge < -0.3 is 9.41 Å². The van der Waals surface area contributed by atoms with Gasteiger partial charge in [-0.05, 0) is 36.7 Å². The van der Waals surface area contributed by atoms with E-state index in [0.717, 1.165) is 11.3 Å². The highest BCUT2D eigenvalue weighted by atomic mass is 28.4. The summed E-state index contributed by atoms with van der Waals surface area (Å²) in [4.78, 5) is 14.1. The third-order valence-electron chi connectivity index (χ3n) is 3.44. The molecule has 1 heterocycles. The molecule has 0 aliphatic heterocycles. The van der Waals surface area contributed by atoms with Gasteiger partial charge >= 0.3 is 0 Å². The smallest absolute Gasteiger partial charge is 0.248 e. The molecule has 3 nitrogen and oxygen atoms in total. The molecule has 4 heteroatoms. The summed E-state index contributed by atoms with van der Waals surface area (Å²) >= 11 is 0. The van der Waals surface area contributed by atoms with E-state index in [0.29, 0.717) is 6.61 Å². The molecule has 1 aromatic heterocycles. The van der Waals surface area contributed by atoms with Crippen molar-refractivity contribution >= 4 is 8.32 Å². The van der Waals surface area contributed by atoms with Crippen molar-refractivity contribution in [3.05, 3.63) is 33.7 Å². The van der Waals surface area contributed by atoms with Crippen LogP contribution in [0.3, 0.4) is 0 Å². The molecule has 0 unspecified atom stereocenters. The first-order chi connectivity index (χ1) is 7.62. The van der Waals surface area contributed by atoms with E-state index in [9.17, 15) is 4.79 Å². The van der Waals surface area contributed by atoms with Crippen molar-refractivity contribution in [1.29, 1.82) is 0 Å². The second-order valence-corrected chi connectivity index (χ2v) is 10.9. The van der Waals surface area contributed by atoms with Crippen molar-refractivity contribution in [3.63, 3.8) is 0 Å². The van der Waals surface area contributed by atoms with E-state index < -0.39 is 8.32 Å². The summed E-state index contributed by atoms with van der Waals surface area (Å²) in [5.74, 6) is 0. The molecule has 0 aromatic carbocycles. The fourth-order valence-corrected chi connectivity index (χ4v) is 2.28. The number of aryl methyl sites for hydroxylation is 1. The Morgan fingerprint density at radius 2 is 1.88 bits per heavy atom. The van der Waals surface area contributed by atoms with Crippen LogP contribution in [0.15, 0.2) is 16.9 Å². The average molecular weight is 253 g/mol. The van der Waals surface area contributed by atoms with Gasteiger partial charge in [-0.2, -0.15) is 0 Å². The molecule has 0 saturated heterocycles. The highest BCUT2D eigenvalue weighted by molar-refractivity contribution is 6.74. The second kappa shape index (κ2) is 4.78. The summed E-state index contributed by atoms with van der Waals surface area (Å²) < 4.78 is 6.08. The molecule has 17 heavy (non-hydrogen) atoms. The standard InChI is InChI=1S/C13H23NO2Si/c1-10-7-11(8-12(15)14-10)9-16-17(5,6)13(2,3)4/h7-8H,9H2,1-6H3,(H,14,15). The highest BCUT2D eigenvalue weighted by Crippen LogP contribution is 2.36. The summed E-state index contributed by atoms with van der Waals surface area (Å²) in [5, 5.41) is 0.198. The van der Waals surface area contributed by atoms with Gasteiger partial charge in [-0.1, -0.05) is 20.8 Å². The van der Waals surface area contributed by atoms with Crippen LogP contribution in [0, 0.1) is 6.92 Å². The van der Waals surface area contributed by atoms with Crippen molar-refractivity contribution in [1.82, 2.24) is 4.98 Å². The van der Waals surface area contributed by atoms with Crippen LogP contribution < -0.4 is 5.56 Å². The molecule has 0 atom stereocenters. The van der Waals surface area contributed by atoms with Crippen LogP contribution in [-0.2, 0) is 11.0 Å². The molecule has 0 amide bonds. The van der Waals surface area contributed by atoms with Crippen LogP contribution in [0.2, 0.25) is 18.1 Å². The van der Waals surface area contributed by atoms with Crippen LogP contribution in [0.5, 0.6) is 0 Å². The molecule has 1 N–H and O–H groups in total. The van der Waals surface area contributed by atoms with E-state index in [1.54, 1.807) is 6.07 Å². The Morgan fingerprint density at radius 3 is 2.35 bits per heavy atom. The van der Waals surface area contributed by atoms with Crippen LogP contribution >= 0.6 is 0 Å². The number of aromatic nitrogens is 1. The van der Waals surface area contributed by atoms with E-state index in [-0.39, 0.29) is 10.6 Å². The molecule has 0 spiro atoms. The highest BCUT2D eigenvalue weighted by Gasteiger charge is 2.36. The Labute approximate surface area is 104 Å². The molecule has 1 aromatic rings. The summed E-state index contributed by atoms with van der Waals surface area (Å²) in [6.45, 7) is 13.5. The number of aromatic amines is 1. The molecule has 0 saturated carbocycles. The Kier molecular flexibility index (Phi) is 3.99. The van der Waals surface area contributed by atoms with Gasteiger partial charge in [0.1, 0.15) is 0 Å². The zero-order chi connectivity index (χ0) is 13.3. The first kappa shape index (κ1) is 14.2. The van der Waals surface area contributed by atoms with Crippen molar-refractivity contribution < 1.29 is 4.43 Å². The molecule has 1 rings (SSSR count). The maximum Gasteiger partial charge on any atom is 0.248 e. The van der Waals surface area contributed by atoms with Crippen molar-refractivity contribution in [2.24, 2.45) is 0 Å². The predicted molar refractivity (Wildman–Crippen MR) is 73.8 cm³/mol. The lowest BCUT2D eigenvalue weighted by Gasteiger charge is -2.36. The third kappa shape index (κ3) is 3.82. The zero-order valence-electron chi connectivity index (χ0n) is 11.7. The lowest BCUT2D eigenvalue weighted by molar-refractivity contribution is 0.276. The Bertz CT molecular complexity index is 443. The van der Waals surface area contributed by atoms with Gasteiger partial charge in [-0.25, -0.2) is 0 Å². The van der Waals surface area contributed by atoms with Gasteiger partial charge in [0.25, 0.3) is 0 Å². The van der Waals surface area contributed by atoms with Crippen molar-refractivity contribution in [2.45, 2.75) is 52.4 Å². The SMILES string of the molecule is Cc1cc(CO[Si](C)(C)C(C)(C)C)cc(=O)[nH]1. The lowest BCUT2D eigenvalue weighted by Crippen LogP contribution is -2.40. The van der Waals surface area contributed by atoms with E-state index in [1.807, 2.05) is 13.0 Å². The number of H-pyrrole nitrogens is 1. The zero-order valence-corrected chi connectivity index (χ0v) is 12.7. The minimum Gasteiger partial charge on any atom is -0.413 e. The van der Waals surface area contributed by atoms with Crippen LogP contribution in [0.1, 0.15) is 32.0 Å². The van der Waals surface area contributed by atoms with Crippen molar-refractivity contribution in [3.8, 4) is 0 Å². The normalized spacial score (nSPS) is 12.8. The number of rotatable bonds is 3. The van der Waals surface area contributed by atoms with E-state index >= 15 is 0 Å². The van der Waals surface area contributed by atoms with Gasteiger partial charge in [0.2, 0.25) is 5.56 Å². The number of hydrogen-bond acceptors (Lipinski definition) is 2. The summed E-state index contributed by atoms with van der Waals surface area (Å²) in [5.41, 5.74) is 1.78. The van der Waals surface area contributed by atoms with Crippen LogP contribution in [0.4, 0.5) is 0 Å². The molecule has 0 aliphatic carbocycles. The largest absolute Gasteiger partial charge is 0.413 e. The monoisotopic (exact) mass is 253 g/mol. The summed E-state index contributed by atoms with van der Waals surface area (Å²) in [7, 11) is -1.73. The quantitative estimate of drug-likeness (QED) is 0.841. The number of nitrogens with one attached hydrogen (secondary N) is 1. The van der Waals surface area contributed by atoms with E-state index in [1.165, 1.54) is 0 Å². The average Bonchev–Trinajstić information content (AvgIpc) is 2.11. The minimum atomic E-state index is -1.73. The summed E-state index contributed by atoms with van der Waals surface area (Å²) in [6.07, 6.45) is 0. The fourth-order valence-electron chi connectivity index (χ4n) is 1.32.